The summed E-state index contributed by atoms with van der Waals surface area (Å²) in [6.45, 7) is 0. The number of aromatic nitrogens is 3. The molecule has 0 aliphatic heterocycles. The van der Waals surface area contributed by atoms with E-state index in [0.717, 1.165) is 0 Å². The van der Waals surface area contributed by atoms with Crippen LogP contribution >= 0.6 is 0 Å². The first kappa shape index (κ1) is 11.1. The van der Waals surface area contributed by atoms with Gasteiger partial charge in [-0.05, 0) is 66.7 Å². The fourth-order valence-corrected chi connectivity index (χ4v) is 4.86. The average Bonchev–Trinajstić information content (AvgIpc) is 3.52. The summed E-state index contributed by atoms with van der Waals surface area (Å²) >= 11 is 0. The van der Waals surface area contributed by atoms with Crippen LogP contribution < -0.4 is 0 Å². The number of hydrogen-bond acceptors (Lipinski definition) is 3. The minimum atomic E-state index is -1.12. The number of fused-ring (bicyclic) bond motifs is 6. The smallest absolute Gasteiger partial charge is 0.164 e. The molecule has 0 aliphatic carbocycles. The lowest BCUT2D eigenvalue weighted by Gasteiger charge is -2.12. The Morgan fingerprint density at radius 2 is 0.604 bits per heavy atom. The molecule has 0 aliphatic rings. The summed E-state index contributed by atoms with van der Waals surface area (Å²) in [5.74, 6) is -2.57. The van der Waals surface area contributed by atoms with Crippen molar-refractivity contribution in [2.45, 2.75) is 0 Å². The van der Waals surface area contributed by atoms with Gasteiger partial charge in [0.1, 0.15) is 0 Å². The van der Waals surface area contributed by atoms with Crippen molar-refractivity contribution in [3.05, 3.63) is 175 Å². The molecule has 0 fully saturated rings. The lowest BCUT2D eigenvalue weighted by molar-refractivity contribution is 1.07. The quantitative estimate of drug-likeness (QED) is 0.176. The standard InChI is InChI=1S/C45H29N3/c1-3-12-32(13-4-1)43-46-44(33-14-5-2-6-15-33)48-45(47-43)36-17-11-16-34(28-36)30-22-24-31(25-23-30)35-26-27-41-39-20-8-7-18-37(39)38-19-9-10-21-40(38)42(41)29-35/h1-29H/i1D,2D,3D,4D,5D,6D,7D,8D,9D,10D,11D,12D,13D,14D,15D,16D,17D,18D,19D,20D,21D,22D,23D,24D,25D,26D,27D,28D,29D. The van der Waals surface area contributed by atoms with Crippen molar-refractivity contribution in [1.82, 2.24) is 15.0 Å². The van der Waals surface area contributed by atoms with Gasteiger partial charge in [-0.1, -0.05) is 163 Å². The molecule has 0 bridgehead atoms. The highest BCUT2D eigenvalue weighted by Gasteiger charge is 2.14. The largest absolute Gasteiger partial charge is 0.208 e. The van der Waals surface area contributed by atoms with E-state index in [9.17, 15) is 11.0 Å². The first-order valence-electron chi connectivity index (χ1n) is 28.3. The first-order chi connectivity index (χ1) is 35.9. The van der Waals surface area contributed by atoms with E-state index in [-0.39, 0.29) is 0 Å². The molecule has 0 unspecified atom stereocenters. The van der Waals surface area contributed by atoms with Gasteiger partial charge in [0.05, 0.1) is 39.8 Å². The number of rotatable bonds is 5. The van der Waals surface area contributed by atoms with E-state index < -0.39 is 264 Å². The topological polar surface area (TPSA) is 38.7 Å². The van der Waals surface area contributed by atoms with Crippen molar-refractivity contribution in [2.75, 3.05) is 0 Å². The van der Waals surface area contributed by atoms with Crippen LogP contribution in [0.4, 0.5) is 0 Å². The van der Waals surface area contributed by atoms with Crippen LogP contribution in [-0.4, -0.2) is 15.0 Å². The molecule has 0 spiro atoms. The van der Waals surface area contributed by atoms with Crippen molar-refractivity contribution in [1.29, 1.82) is 0 Å². The monoisotopic (exact) mass is 640 g/mol. The van der Waals surface area contributed by atoms with Gasteiger partial charge in [-0.25, -0.2) is 15.0 Å². The van der Waals surface area contributed by atoms with Gasteiger partial charge in [0.25, 0.3) is 0 Å². The Morgan fingerprint density at radius 1 is 0.250 bits per heavy atom. The van der Waals surface area contributed by atoms with Gasteiger partial charge in [0.2, 0.25) is 0 Å². The molecule has 3 heteroatoms. The van der Waals surface area contributed by atoms with Crippen LogP contribution in [0.2, 0.25) is 0 Å². The summed E-state index contributed by atoms with van der Waals surface area (Å²) in [6.07, 6.45) is 0. The van der Waals surface area contributed by atoms with Crippen LogP contribution in [-0.2, 0) is 0 Å². The van der Waals surface area contributed by atoms with Crippen LogP contribution in [0.3, 0.4) is 0 Å². The minimum absolute atomic E-state index is 0.462. The van der Waals surface area contributed by atoms with Crippen molar-refractivity contribution >= 4 is 32.3 Å². The maximum atomic E-state index is 9.59. The Bertz CT molecular complexity index is 4050. The number of hydrogen-bond donors (Lipinski definition) is 0. The van der Waals surface area contributed by atoms with Gasteiger partial charge in [0.15, 0.2) is 17.5 Å². The SMILES string of the molecule is [2H]c1c([2H])c([2H])c(-c2nc(-c3c([2H])c([2H])c([2H])c([2H])c3[2H])nc(-c3c([2H])c([2H])c([2H])c(-c4c([2H])c([2H])c(-c5c([2H])c([2H])c6c7c([2H])c([2H])c([2H])c([2H])c7c7c([2H])c([2H])c([2H])c([2H])c7c6c5[2H])c([2H])c4[2H])c3[2H])n2)c([2H])c1[2H]. The van der Waals surface area contributed by atoms with E-state index in [1.54, 1.807) is 0 Å². The molecule has 1 heterocycles. The van der Waals surface area contributed by atoms with Crippen molar-refractivity contribution < 1.29 is 39.8 Å². The van der Waals surface area contributed by atoms with E-state index in [4.69, 9.17) is 28.8 Å². The molecule has 0 saturated carbocycles. The maximum Gasteiger partial charge on any atom is 0.164 e. The van der Waals surface area contributed by atoms with Crippen molar-refractivity contribution in [3.63, 3.8) is 0 Å². The highest BCUT2D eigenvalue weighted by Crippen LogP contribution is 2.37. The molecule has 3 nitrogen and oxygen atoms in total. The molecule has 0 N–H and O–H groups in total. The normalized spacial score (nSPS) is 19.8. The predicted octanol–water partition coefficient (Wildman–Crippen LogP) is 11.7. The van der Waals surface area contributed by atoms with Gasteiger partial charge in [-0.3, -0.25) is 0 Å². The van der Waals surface area contributed by atoms with Crippen molar-refractivity contribution in [2.24, 2.45) is 0 Å². The summed E-state index contributed by atoms with van der Waals surface area (Å²) in [4.78, 5) is 12.6. The van der Waals surface area contributed by atoms with Crippen LogP contribution in [0.25, 0.3) is 88.7 Å². The Labute approximate surface area is 319 Å². The third kappa shape index (κ3) is 4.99. The van der Waals surface area contributed by atoms with Gasteiger partial charge >= 0.3 is 0 Å². The summed E-state index contributed by atoms with van der Waals surface area (Å²) in [6, 6.07) is -26.9. The summed E-state index contributed by atoms with van der Waals surface area (Å²) in [5, 5.41) is -3.12. The van der Waals surface area contributed by atoms with Gasteiger partial charge in [-0.2, -0.15) is 0 Å². The first-order valence-corrected chi connectivity index (χ1v) is 13.8. The molecule has 0 radical (unpaired) electrons. The Balaban J connectivity index is 1.38. The zero-order chi connectivity index (χ0) is 57.1. The van der Waals surface area contributed by atoms with Crippen LogP contribution in [0, 0.1) is 0 Å². The fraction of sp³-hybridized carbons (Fsp3) is 0. The second-order valence-electron chi connectivity index (χ2n) is 9.81. The van der Waals surface area contributed by atoms with E-state index in [1.165, 1.54) is 0 Å². The molecular formula is C45H29N3. The zero-order valence-electron chi connectivity index (χ0n) is 52.8. The second kappa shape index (κ2) is 11.7. The Morgan fingerprint density at radius 3 is 1.12 bits per heavy atom. The molecule has 8 aromatic carbocycles. The van der Waals surface area contributed by atoms with Crippen LogP contribution in [0.1, 0.15) is 39.8 Å². The third-order valence-corrected chi connectivity index (χ3v) is 6.99. The Hall–Kier alpha value is -6.45. The highest BCUT2D eigenvalue weighted by molar-refractivity contribution is 6.25. The minimum Gasteiger partial charge on any atom is -0.208 e. The molecular weight excluding hydrogens is 583 g/mol. The van der Waals surface area contributed by atoms with Crippen molar-refractivity contribution in [3.8, 4) is 56.4 Å². The molecule has 48 heavy (non-hydrogen) atoms. The van der Waals surface area contributed by atoms with Crippen LogP contribution in [0.5, 0.6) is 0 Å². The van der Waals surface area contributed by atoms with E-state index in [0.29, 0.717) is 0 Å². The summed E-state index contributed by atoms with van der Waals surface area (Å²) in [7, 11) is 0. The van der Waals surface area contributed by atoms with E-state index >= 15 is 0 Å². The predicted molar refractivity (Wildman–Crippen MR) is 200 cm³/mol. The van der Waals surface area contributed by atoms with Crippen LogP contribution in [0.15, 0.2) is 175 Å². The summed E-state index contributed by atoms with van der Waals surface area (Å²) in [5.41, 5.74) is -5.85. The zero-order valence-corrected chi connectivity index (χ0v) is 23.8. The molecule has 1 aromatic heterocycles. The second-order valence-corrected chi connectivity index (χ2v) is 9.81. The molecule has 0 amide bonds. The number of benzene rings is 8. The van der Waals surface area contributed by atoms with E-state index in [1.807, 2.05) is 0 Å². The summed E-state index contributed by atoms with van der Waals surface area (Å²) < 4.78 is 255. The lowest BCUT2D eigenvalue weighted by Crippen LogP contribution is -2.00. The Kier molecular flexibility index (Phi) is 2.70. The molecule has 9 rings (SSSR count). The van der Waals surface area contributed by atoms with E-state index in [2.05, 4.69) is 15.0 Å². The number of nitrogens with zero attached hydrogens (tertiary/aromatic N) is 3. The lowest BCUT2D eigenvalue weighted by atomic mass is 9.92. The van der Waals surface area contributed by atoms with Gasteiger partial charge in [-0.15, -0.1) is 0 Å². The highest BCUT2D eigenvalue weighted by atomic mass is 15.0. The maximum absolute atomic E-state index is 9.59. The van der Waals surface area contributed by atoms with Gasteiger partial charge < -0.3 is 0 Å². The molecule has 0 saturated heterocycles. The molecule has 224 valence electrons. The average molecular weight is 641 g/mol. The third-order valence-electron chi connectivity index (χ3n) is 6.99. The van der Waals surface area contributed by atoms with Gasteiger partial charge in [0, 0.05) is 16.7 Å². The fourth-order valence-electron chi connectivity index (χ4n) is 4.86. The molecule has 9 aromatic rings. The molecule has 0 atom stereocenters.